The monoisotopic (exact) mass is 352 g/mol. The Kier molecular flexibility index (Phi) is 5.88. The minimum Gasteiger partial charge on any atom is -0.433 e. The van der Waals surface area contributed by atoms with E-state index in [0.717, 1.165) is 38.3 Å². The largest absolute Gasteiger partial charge is 0.433 e. The van der Waals surface area contributed by atoms with Crippen LogP contribution >= 0.6 is 24.0 Å². The summed E-state index contributed by atoms with van der Waals surface area (Å²) >= 11 is 5.99. The molecule has 0 saturated carbocycles. The maximum atomic E-state index is 12.2. The van der Waals surface area contributed by atoms with Gasteiger partial charge in [-0.25, -0.2) is 0 Å². The van der Waals surface area contributed by atoms with E-state index in [-0.39, 0.29) is 23.2 Å². The van der Waals surface area contributed by atoms with Crippen molar-refractivity contribution in [2.75, 3.05) is 26.2 Å². The molecule has 1 spiro atoms. The lowest BCUT2D eigenvalue weighted by molar-refractivity contribution is -0.0498. The molecule has 0 radical (unpaired) electrons. The van der Waals surface area contributed by atoms with E-state index in [2.05, 4.69) is 15.0 Å². The second-order valence-corrected chi connectivity index (χ2v) is 6.44. The summed E-state index contributed by atoms with van der Waals surface area (Å²) in [5.41, 5.74) is 1.47. The van der Waals surface area contributed by atoms with Gasteiger partial charge in [-0.3, -0.25) is 4.90 Å². The predicted molar refractivity (Wildman–Crippen MR) is 85.1 cm³/mol. The standard InChI is InChI=1S/C15H19ClF2N2O.ClH/c16-12-7-11(1-2-13(12)21-14(17)18)8-20-6-4-15(10-20)3-5-19-9-15;/h1-2,7,14,19H,3-6,8-10H2;1H. The number of ether oxygens (including phenoxy) is 1. The summed E-state index contributed by atoms with van der Waals surface area (Å²) in [4.78, 5) is 2.41. The summed E-state index contributed by atoms with van der Waals surface area (Å²) in [6.07, 6.45) is 2.46. The van der Waals surface area contributed by atoms with Gasteiger partial charge < -0.3 is 10.1 Å². The molecule has 2 aliphatic rings. The molecule has 1 aromatic carbocycles. The molecule has 3 nitrogen and oxygen atoms in total. The van der Waals surface area contributed by atoms with Gasteiger partial charge in [-0.1, -0.05) is 17.7 Å². The van der Waals surface area contributed by atoms with Crippen molar-refractivity contribution < 1.29 is 13.5 Å². The van der Waals surface area contributed by atoms with Gasteiger partial charge in [0.05, 0.1) is 5.02 Å². The second kappa shape index (κ2) is 7.30. The highest BCUT2D eigenvalue weighted by Crippen LogP contribution is 2.37. The lowest BCUT2D eigenvalue weighted by atomic mass is 9.86. The zero-order chi connectivity index (χ0) is 14.9. The Labute approximate surface area is 140 Å². The number of halogens is 4. The molecule has 3 rings (SSSR count). The summed E-state index contributed by atoms with van der Waals surface area (Å²) in [5, 5.41) is 3.68. The van der Waals surface area contributed by atoms with Crippen molar-refractivity contribution in [1.29, 1.82) is 0 Å². The molecule has 0 bridgehead atoms. The van der Waals surface area contributed by atoms with Crippen LogP contribution in [0.5, 0.6) is 5.75 Å². The van der Waals surface area contributed by atoms with Gasteiger partial charge in [0, 0.05) is 19.6 Å². The second-order valence-electron chi connectivity index (χ2n) is 6.03. The first-order valence-corrected chi connectivity index (χ1v) is 7.60. The first-order chi connectivity index (χ1) is 10.1. The molecule has 1 N–H and O–H groups in total. The van der Waals surface area contributed by atoms with Crippen molar-refractivity contribution >= 4 is 24.0 Å². The van der Waals surface area contributed by atoms with Crippen molar-refractivity contribution in [3.8, 4) is 5.75 Å². The fraction of sp³-hybridized carbons (Fsp3) is 0.600. The third-order valence-corrected chi connectivity index (χ3v) is 4.76. The number of benzene rings is 1. The molecule has 1 aromatic rings. The first kappa shape index (κ1) is 17.7. The molecule has 2 fully saturated rings. The number of rotatable bonds is 4. The highest BCUT2D eigenvalue weighted by Gasteiger charge is 2.39. The number of alkyl halides is 2. The molecule has 0 amide bonds. The SMILES string of the molecule is Cl.FC(F)Oc1ccc(CN2CCC3(CCNC3)C2)cc1Cl. The van der Waals surface area contributed by atoms with E-state index < -0.39 is 6.61 Å². The smallest absolute Gasteiger partial charge is 0.387 e. The summed E-state index contributed by atoms with van der Waals surface area (Å²) in [5.74, 6) is 0.0355. The Bertz CT molecular complexity index is 510. The van der Waals surface area contributed by atoms with Gasteiger partial charge in [0.1, 0.15) is 5.75 Å². The van der Waals surface area contributed by atoms with Crippen LogP contribution in [0.2, 0.25) is 5.02 Å². The molecule has 22 heavy (non-hydrogen) atoms. The van der Waals surface area contributed by atoms with Crippen LogP contribution in [0.3, 0.4) is 0 Å². The molecule has 2 aliphatic heterocycles. The highest BCUT2D eigenvalue weighted by atomic mass is 35.5. The third-order valence-electron chi connectivity index (χ3n) is 4.47. The van der Waals surface area contributed by atoms with Gasteiger partial charge in [-0.05, 0) is 49.0 Å². The lowest BCUT2D eigenvalue weighted by Gasteiger charge is -2.23. The van der Waals surface area contributed by atoms with E-state index >= 15 is 0 Å². The molecule has 0 aliphatic carbocycles. The zero-order valence-corrected chi connectivity index (χ0v) is 13.7. The minimum absolute atomic E-state index is 0. The van der Waals surface area contributed by atoms with E-state index in [9.17, 15) is 8.78 Å². The van der Waals surface area contributed by atoms with Crippen LogP contribution in [0.25, 0.3) is 0 Å². The van der Waals surface area contributed by atoms with Crippen molar-refractivity contribution in [2.24, 2.45) is 5.41 Å². The topological polar surface area (TPSA) is 24.5 Å². The van der Waals surface area contributed by atoms with E-state index in [1.165, 1.54) is 18.9 Å². The van der Waals surface area contributed by atoms with Gasteiger partial charge in [0.2, 0.25) is 0 Å². The normalized spacial score (nSPS) is 24.9. The average molecular weight is 353 g/mol. The first-order valence-electron chi connectivity index (χ1n) is 7.23. The van der Waals surface area contributed by atoms with E-state index in [4.69, 9.17) is 11.6 Å². The molecular weight excluding hydrogens is 333 g/mol. The van der Waals surface area contributed by atoms with E-state index in [0.29, 0.717) is 5.41 Å². The minimum atomic E-state index is -2.85. The molecule has 0 aromatic heterocycles. The predicted octanol–water partition coefficient (Wildman–Crippen LogP) is 3.55. The summed E-state index contributed by atoms with van der Waals surface area (Å²) < 4.78 is 28.8. The van der Waals surface area contributed by atoms with Gasteiger partial charge in [-0.15, -0.1) is 12.4 Å². The fourth-order valence-corrected chi connectivity index (χ4v) is 3.65. The van der Waals surface area contributed by atoms with Gasteiger partial charge in [0.15, 0.2) is 0 Å². The van der Waals surface area contributed by atoms with Crippen LogP contribution < -0.4 is 10.1 Å². The van der Waals surface area contributed by atoms with Crippen LogP contribution in [0.15, 0.2) is 18.2 Å². The number of nitrogens with one attached hydrogen (secondary N) is 1. The maximum Gasteiger partial charge on any atom is 0.387 e. The molecule has 2 saturated heterocycles. The van der Waals surface area contributed by atoms with Crippen molar-refractivity contribution in [2.45, 2.75) is 26.0 Å². The Balaban J connectivity index is 0.00000176. The maximum absolute atomic E-state index is 12.2. The zero-order valence-electron chi connectivity index (χ0n) is 12.2. The number of hydrogen-bond acceptors (Lipinski definition) is 3. The number of likely N-dealkylation sites (tertiary alicyclic amines) is 1. The van der Waals surface area contributed by atoms with E-state index in [1.54, 1.807) is 6.07 Å². The Morgan fingerprint density at radius 3 is 2.82 bits per heavy atom. The quantitative estimate of drug-likeness (QED) is 0.896. The number of hydrogen-bond donors (Lipinski definition) is 1. The highest BCUT2D eigenvalue weighted by molar-refractivity contribution is 6.32. The molecular formula is C15H20Cl2F2N2O. The van der Waals surface area contributed by atoms with E-state index in [1.807, 2.05) is 6.07 Å². The summed E-state index contributed by atoms with van der Waals surface area (Å²) in [6, 6.07) is 5.05. The van der Waals surface area contributed by atoms with Crippen LogP contribution in [0, 0.1) is 5.41 Å². The Hall–Kier alpha value is -0.620. The van der Waals surface area contributed by atoms with Crippen LogP contribution in [-0.4, -0.2) is 37.7 Å². The van der Waals surface area contributed by atoms with Gasteiger partial charge >= 0.3 is 6.61 Å². The van der Waals surface area contributed by atoms with Crippen LogP contribution in [-0.2, 0) is 6.54 Å². The molecule has 1 atom stereocenters. The Morgan fingerprint density at radius 1 is 1.36 bits per heavy atom. The lowest BCUT2D eigenvalue weighted by Crippen LogP contribution is -2.28. The summed E-state index contributed by atoms with van der Waals surface area (Å²) in [6.45, 7) is 2.34. The van der Waals surface area contributed by atoms with Crippen molar-refractivity contribution in [3.63, 3.8) is 0 Å². The molecule has 1 unspecified atom stereocenters. The molecule has 7 heteroatoms. The molecule has 2 heterocycles. The fourth-order valence-electron chi connectivity index (χ4n) is 3.40. The van der Waals surface area contributed by atoms with Crippen LogP contribution in [0.1, 0.15) is 18.4 Å². The van der Waals surface area contributed by atoms with Gasteiger partial charge in [-0.2, -0.15) is 8.78 Å². The Morgan fingerprint density at radius 2 is 2.18 bits per heavy atom. The summed E-state index contributed by atoms with van der Waals surface area (Å²) in [7, 11) is 0. The van der Waals surface area contributed by atoms with Gasteiger partial charge in [0.25, 0.3) is 0 Å². The third kappa shape index (κ3) is 4.02. The average Bonchev–Trinajstić information content (AvgIpc) is 3.04. The van der Waals surface area contributed by atoms with Crippen LogP contribution in [0.4, 0.5) is 8.78 Å². The van der Waals surface area contributed by atoms with Crippen molar-refractivity contribution in [1.82, 2.24) is 10.2 Å². The number of nitrogens with zero attached hydrogens (tertiary/aromatic N) is 1. The van der Waals surface area contributed by atoms with Crippen molar-refractivity contribution in [3.05, 3.63) is 28.8 Å². The molecule has 124 valence electrons.